The first kappa shape index (κ1) is 12.1. The van der Waals surface area contributed by atoms with Gasteiger partial charge in [0.15, 0.2) is 5.82 Å². The Balaban J connectivity index is 1.70. The minimum atomic E-state index is -0.0797. The van der Waals surface area contributed by atoms with E-state index in [0.29, 0.717) is 12.0 Å². The zero-order valence-electron chi connectivity index (χ0n) is 10.9. The summed E-state index contributed by atoms with van der Waals surface area (Å²) in [5.41, 5.74) is -0.0797. The van der Waals surface area contributed by atoms with Crippen LogP contribution in [0.5, 0.6) is 0 Å². The third-order valence-electron chi connectivity index (χ3n) is 4.10. The van der Waals surface area contributed by atoms with Crippen LogP contribution in [0.25, 0.3) is 0 Å². The SMILES string of the molecule is Cc1nc(C2(NCC3CCCO3)CCCC2)no1. The highest BCUT2D eigenvalue weighted by molar-refractivity contribution is 5.08. The van der Waals surface area contributed by atoms with E-state index in [2.05, 4.69) is 15.5 Å². The monoisotopic (exact) mass is 251 g/mol. The van der Waals surface area contributed by atoms with E-state index in [0.717, 1.165) is 38.2 Å². The number of aryl methyl sites for hydroxylation is 1. The Hall–Kier alpha value is -0.940. The first-order valence-electron chi connectivity index (χ1n) is 6.96. The molecule has 2 heterocycles. The van der Waals surface area contributed by atoms with Gasteiger partial charge < -0.3 is 14.6 Å². The standard InChI is InChI=1S/C13H21N3O2/c1-10-15-12(16-18-10)13(6-2-3-7-13)14-9-11-5-4-8-17-11/h11,14H,2-9H2,1H3. The Bertz CT molecular complexity index is 393. The molecule has 3 rings (SSSR count). The molecule has 1 aliphatic heterocycles. The Labute approximate surface area is 107 Å². The molecule has 1 aromatic heterocycles. The summed E-state index contributed by atoms with van der Waals surface area (Å²) in [5, 5.41) is 7.78. The quantitative estimate of drug-likeness (QED) is 0.885. The molecular weight excluding hydrogens is 230 g/mol. The second-order valence-electron chi connectivity index (χ2n) is 5.44. The maximum atomic E-state index is 5.67. The highest BCUT2D eigenvalue weighted by Gasteiger charge is 2.40. The second-order valence-corrected chi connectivity index (χ2v) is 5.44. The predicted octanol–water partition coefficient (Wildman–Crippen LogP) is 1.92. The summed E-state index contributed by atoms with van der Waals surface area (Å²) in [7, 11) is 0. The molecule has 1 saturated heterocycles. The number of nitrogens with one attached hydrogen (secondary N) is 1. The zero-order chi connectivity index (χ0) is 12.4. The molecule has 1 atom stereocenters. The molecule has 0 amide bonds. The van der Waals surface area contributed by atoms with Gasteiger partial charge in [0.05, 0.1) is 11.6 Å². The number of hydrogen-bond donors (Lipinski definition) is 1. The van der Waals surface area contributed by atoms with Gasteiger partial charge in [0.1, 0.15) is 0 Å². The molecule has 0 aromatic carbocycles. The number of hydrogen-bond acceptors (Lipinski definition) is 5. The Morgan fingerprint density at radius 2 is 2.17 bits per heavy atom. The summed E-state index contributed by atoms with van der Waals surface area (Å²) in [6.07, 6.45) is 7.35. The van der Waals surface area contributed by atoms with Crippen LogP contribution in [0.1, 0.15) is 50.2 Å². The van der Waals surface area contributed by atoms with Gasteiger partial charge in [-0.1, -0.05) is 18.0 Å². The van der Waals surface area contributed by atoms with E-state index in [9.17, 15) is 0 Å². The van der Waals surface area contributed by atoms with E-state index in [1.165, 1.54) is 19.3 Å². The van der Waals surface area contributed by atoms with Crippen molar-refractivity contribution in [1.82, 2.24) is 15.5 Å². The van der Waals surface area contributed by atoms with Crippen molar-refractivity contribution in [3.05, 3.63) is 11.7 Å². The molecule has 0 radical (unpaired) electrons. The maximum absolute atomic E-state index is 5.67. The minimum absolute atomic E-state index is 0.0797. The molecule has 1 aliphatic carbocycles. The molecule has 18 heavy (non-hydrogen) atoms. The van der Waals surface area contributed by atoms with Crippen LogP contribution in [0.4, 0.5) is 0 Å². The Kier molecular flexibility index (Phi) is 3.35. The van der Waals surface area contributed by atoms with Gasteiger partial charge in [-0.3, -0.25) is 0 Å². The van der Waals surface area contributed by atoms with Crippen molar-refractivity contribution in [2.45, 2.75) is 57.1 Å². The van der Waals surface area contributed by atoms with Crippen LogP contribution in [-0.2, 0) is 10.3 Å². The first-order chi connectivity index (χ1) is 8.78. The van der Waals surface area contributed by atoms with E-state index in [1.54, 1.807) is 0 Å². The van der Waals surface area contributed by atoms with E-state index >= 15 is 0 Å². The van der Waals surface area contributed by atoms with E-state index in [-0.39, 0.29) is 5.54 Å². The van der Waals surface area contributed by atoms with Crippen molar-refractivity contribution in [3.63, 3.8) is 0 Å². The molecule has 2 fully saturated rings. The van der Waals surface area contributed by atoms with Crippen LogP contribution >= 0.6 is 0 Å². The van der Waals surface area contributed by atoms with E-state index in [4.69, 9.17) is 9.26 Å². The number of ether oxygens (including phenoxy) is 1. The van der Waals surface area contributed by atoms with Crippen LogP contribution in [0.3, 0.4) is 0 Å². The first-order valence-corrected chi connectivity index (χ1v) is 6.96. The lowest BCUT2D eigenvalue weighted by Gasteiger charge is -2.28. The fraction of sp³-hybridized carbons (Fsp3) is 0.846. The Morgan fingerprint density at radius 1 is 1.33 bits per heavy atom. The fourth-order valence-electron chi connectivity index (χ4n) is 3.07. The third kappa shape index (κ3) is 2.29. The van der Waals surface area contributed by atoms with Crippen LogP contribution in [-0.4, -0.2) is 29.4 Å². The van der Waals surface area contributed by atoms with Crippen LogP contribution in [0.15, 0.2) is 4.52 Å². The smallest absolute Gasteiger partial charge is 0.223 e. The van der Waals surface area contributed by atoms with Crippen LogP contribution in [0, 0.1) is 6.92 Å². The van der Waals surface area contributed by atoms with Crippen molar-refractivity contribution in [1.29, 1.82) is 0 Å². The number of rotatable bonds is 4. The molecular formula is C13H21N3O2. The molecule has 1 aromatic rings. The number of nitrogens with zero attached hydrogens (tertiary/aromatic N) is 2. The third-order valence-corrected chi connectivity index (χ3v) is 4.10. The summed E-state index contributed by atoms with van der Waals surface area (Å²) in [6, 6.07) is 0. The van der Waals surface area contributed by atoms with Crippen LogP contribution in [0.2, 0.25) is 0 Å². The van der Waals surface area contributed by atoms with Gasteiger partial charge in [-0.2, -0.15) is 4.98 Å². The van der Waals surface area contributed by atoms with Gasteiger partial charge in [0.25, 0.3) is 0 Å². The van der Waals surface area contributed by atoms with E-state index < -0.39 is 0 Å². The molecule has 1 saturated carbocycles. The average molecular weight is 251 g/mol. The molecule has 5 heteroatoms. The lowest BCUT2D eigenvalue weighted by Crippen LogP contribution is -2.44. The summed E-state index contributed by atoms with van der Waals surface area (Å²) in [5.74, 6) is 1.48. The molecule has 100 valence electrons. The highest BCUT2D eigenvalue weighted by Crippen LogP contribution is 2.37. The lowest BCUT2D eigenvalue weighted by atomic mass is 9.96. The summed E-state index contributed by atoms with van der Waals surface area (Å²) < 4.78 is 10.8. The largest absolute Gasteiger partial charge is 0.377 e. The summed E-state index contributed by atoms with van der Waals surface area (Å²) >= 11 is 0. The second kappa shape index (κ2) is 4.97. The highest BCUT2D eigenvalue weighted by atomic mass is 16.5. The van der Waals surface area contributed by atoms with Gasteiger partial charge in [-0.05, 0) is 25.7 Å². The molecule has 5 nitrogen and oxygen atoms in total. The van der Waals surface area contributed by atoms with Crippen molar-refractivity contribution in [2.24, 2.45) is 0 Å². The molecule has 1 N–H and O–H groups in total. The van der Waals surface area contributed by atoms with Gasteiger partial charge >= 0.3 is 0 Å². The van der Waals surface area contributed by atoms with Crippen molar-refractivity contribution in [3.8, 4) is 0 Å². The predicted molar refractivity (Wildman–Crippen MR) is 66.2 cm³/mol. The minimum Gasteiger partial charge on any atom is -0.377 e. The van der Waals surface area contributed by atoms with Gasteiger partial charge in [0, 0.05) is 20.1 Å². The Morgan fingerprint density at radius 3 is 2.78 bits per heavy atom. The molecule has 1 unspecified atom stereocenters. The van der Waals surface area contributed by atoms with Crippen molar-refractivity contribution >= 4 is 0 Å². The van der Waals surface area contributed by atoms with Gasteiger partial charge in [0.2, 0.25) is 5.89 Å². The van der Waals surface area contributed by atoms with Gasteiger partial charge in [-0.25, -0.2) is 0 Å². The normalized spacial score (nSPS) is 26.8. The van der Waals surface area contributed by atoms with Gasteiger partial charge in [-0.15, -0.1) is 0 Å². The van der Waals surface area contributed by atoms with Crippen LogP contribution < -0.4 is 5.32 Å². The molecule has 0 spiro atoms. The van der Waals surface area contributed by atoms with Crippen molar-refractivity contribution in [2.75, 3.05) is 13.2 Å². The lowest BCUT2D eigenvalue weighted by molar-refractivity contribution is 0.0991. The molecule has 2 aliphatic rings. The number of aromatic nitrogens is 2. The van der Waals surface area contributed by atoms with E-state index in [1.807, 2.05) is 6.92 Å². The molecule has 0 bridgehead atoms. The van der Waals surface area contributed by atoms with Crippen molar-refractivity contribution < 1.29 is 9.26 Å². The fourth-order valence-corrected chi connectivity index (χ4v) is 3.07. The summed E-state index contributed by atoms with van der Waals surface area (Å²) in [6.45, 7) is 3.65. The summed E-state index contributed by atoms with van der Waals surface area (Å²) in [4.78, 5) is 4.43. The zero-order valence-corrected chi connectivity index (χ0v) is 10.9. The average Bonchev–Trinajstić information content (AvgIpc) is 3.08. The topological polar surface area (TPSA) is 60.2 Å². The maximum Gasteiger partial charge on any atom is 0.223 e.